The van der Waals surface area contributed by atoms with Gasteiger partial charge in [-0.25, -0.2) is 13.8 Å². The SMILES string of the molecule is Cl.NCc1nc(C(F)F)n[nH]1. The quantitative estimate of drug-likeness (QED) is 0.708. The fourth-order valence-electron chi connectivity index (χ4n) is 0.499. The van der Waals surface area contributed by atoms with E-state index in [9.17, 15) is 8.78 Å². The number of nitrogens with two attached hydrogens (primary N) is 1. The fraction of sp³-hybridized carbons (Fsp3) is 0.500. The van der Waals surface area contributed by atoms with Crippen LogP contribution in [0.1, 0.15) is 18.1 Å². The van der Waals surface area contributed by atoms with Crippen LogP contribution < -0.4 is 5.73 Å². The van der Waals surface area contributed by atoms with E-state index in [1.165, 1.54) is 0 Å². The lowest BCUT2D eigenvalue weighted by atomic mass is 10.6. The molecule has 7 heteroatoms. The van der Waals surface area contributed by atoms with Crippen molar-refractivity contribution in [2.24, 2.45) is 5.73 Å². The Bertz CT molecular complexity index is 214. The number of rotatable bonds is 2. The number of halogens is 3. The van der Waals surface area contributed by atoms with E-state index in [4.69, 9.17) is 5.73 Å². The molecule has 3 N–H and O–H groups in total. The molecule has 64 valence electrons. The standard InChI is InChI=1S/C4H6F2N4.ClH/c5-3(6)4-8-2(1-7)9-10-4;/h3H,1,7H2,(H,8,9,10);1H. The highest BCUT2D eigenvalue weighted by atomic mass is 35.5. The molecular weight excluding hydrogens is 178 g/mol. The minimum atomic E-state index is -2.63. The lowest BCUT2D eigenvalue weighted by molar-refractivity contribution is 0.140. The van der Waals surface area contributed by atoms with Crippen molar-refractivity contribution < 1.29 is 8.78 Å². The number of H-pyrrole nitrogens is 1. The second-order valence-electron chi connectivity index (χ2n) is 1.65. The van der Waals surface area contributed by atoms with Gasteiger partial charge in [-0.05, 0) is 0 Å². The molecule has 0 aliphatic carbocycles. The van der Waals surface area contributed by atoms with Gasteiger partial charge < -0.3 is 5.73 Å². The number of nitrogens with one attached hydrogen (secondary N) is 1. The Morgan fingerprint density at radius 2 is 2.18 bits per heavy atom. The molecule has 0 aliphatic rings. The molecule has 0 radical (unpaired) electrons. The van der Waals surface area contributed by atoms with Gasteiger partial charge in [0.05, 0.1) is 6.54 Å². The highest BCUT2D eigenvalue weighted by Crippen LogP contribution is 2.12. The predicted molar refractivity (Wildman–Crippen MR) is 36.5 cm³/mol. The Balaban J connectivity index is 0.000001000. The van der Waals surface area contributed by atoms with Crippen molar-refractivity contribution in [2.45, 2.75) is 13.0 Å². The molecule has 0 bridgehead atoms. The van der Waals surface area contributed by atoms with Crippen LogP contribution in [0.3, 0.4) is 0 Å². The van der Waals surface area contributed by atoms with E-state index in [2.05, 4.69) is 15.2 Å². The molecule has 0 aromatic carbocycles. The van der Waals surface area contributed by atoms with E-state index in [1.54, 1.807) is 0 Å². The average Bonchev–Trinajstić information content (AvgIpc) is 2.34. The summed E-state index contributed by atoms with van der Waals surface area (Å²) in [7, 11) is 0. The van der Waals surface area contributed by atoms with Crippen molar-refractivity contribution in [2.75, 3.05) is 0 Å². The third-order valence-corrected chi connectivity index (χ3v) is 0.938. The highest BCUT2D eigenvalue weighted by Gasteiger charge is 2.12. The number of hydrogen-bond donors (Lipinski definition) is 2. The van der Waals surface area contributed by atoms with Crippen LogP contribution in [0, 0.1) is 0 Å². The van der Waals surface area contributed by atoms with Crippen LogP contribution in [0.15, 0.2) is 0 Å². The van der Waals surface area contributed by atoms with Crippen LogP contribution in [0.25, 0.3) is 0 Å². The number of alkyl halides is 2. The summed E-state index contributed by atoms with van der Waals surface area (Å²) in [5.41, 5.74) is 5.08. The zero-order valence-electron chi connectivity index (χ0n) is 5.42. The van der Waals surface area contributed by atoms with Gasteiger partial charge in [-0.2, -0.15) is 5.10 Å². The van der Waals surface area contributed by atoms with Gasteiger partial charge in [-0.3, -0.25) is 5.10 Å². The summed E-state index contributed by atoms with van der Waals surface area (Å²) in [6.45, 7) is 0.0969. The van der Waals surface area contributed by atoms with Crippen LogP contribution in [0.4, 0.5) is 8.78 Å². The average molecular weight is 185 g/mol. The summed E-state index contributed by atoms with van der Waals surface area (Å²) < 4.78 is 23.5. The molecule has 4 nitrogen and oxygen atoms in total. The van der Waals surface area contributed by atoms with Gasteiger partial charge in [0.1, 0.15) is 5.82 Å². The smallest absolute Gasteiger partial charge is 0.299 e. The Labute approximate surface area is 67.6 Å². The van der Waals surface area contributed by atoms with Crippen LogP contribution in [-0.2, 0) is 6.54 Å². The molecule has 1 aromatic heterocycles. The van der Waals surface area contributed by atoms with Crippen molar-refractivity contribution >= 4 is 12.4 Å². The van der Waals surface area contributed by atoms with Crippen LogP contribution >= 0.6 is 12.4 Å². The van der Waals surface area contributed by atoms with E-state index >= 15 is 0 Å². The van der Waals surface area contributed by atoms with Gasteiger partial charge in [-0.1, -0.05) is 0 Å². The lowest BCUT2D eigenvalue weighted by Gasteiger charge is -1.85. The van der Waals surface area contributed by atoms with E-state index in [-0.39, 0.29) is 24.8 Å². The maximum Gasteiger partial charge on any atom is 0.299 e. The summed E-state index contributed by atoms with van der Waals surface area (Å²) in [6, 6.07) is 0. The monoisotopic (exact) mass is 184 g/mol. The first kappa shape index (κ1) is 10.2. The second kappa shape index (κ2) is 4.20. The minimum Gasteiger partial charge on any atom is -0.324 e. The van der Waals surface area contributed by atoms with E-state index in [1.807, 2.05) is 0 Å². The second-order valence-corrected chi connectivity index (χ2v) is 1.65. The topological polar surface area (TPSA) is 67.6 Å². The van der Waals surface area contributed by atoms with E-state index in [0.29, 0.717) is 0 Å². The summed E-state index contributed by atoms with van der Waals surface area (Å²) >= 11 is 0. The van der Waals surface area contributed by atoms with Crippen molar-refractivity contribution in [3.8, 4) is 0 Å². The molecule has 0 saturated carbocycles. The Kier molecular flexibility index (Phi) is 3.91. The molecule has 0 saturated heterocycles. The Hall–Kier alpha value is -0.750. The van der Waals surface area contributed by atoms with Gasteiger partial charge >= 0.3 is 0 Å². The van der Waals surface area contributed by atoms with Crippen LogP contribution in [0.5, 0.6) is 0 Å². The minimum absolute atomic E-state index is 0. The maximum absolute atomic E-state index is 11.7. The normalized spacial score (nSPS) is 9.82. The summed E-state index contributed by atoms with van der Waals surface area (Å²) in [5.74, 6) is -0.226. The van der Waals surface area contributed by atoms with Gasteiger partial charge in [-0.15, -0.1) is 12.4 Å². The molecule has 0 spiro atoms. The summed E-state index contributed by atoms with van der Waals surface area (Å²) in [4.78, 5) is 3.39. The molecule has 0 unspecified atom stereocenters. The highest BCUT2D eigenvalue weighted by molar-refractivity contribution is 5.85. The Morgan fingerprint density at radius 1 is 1.55 bits per heavy atom. The van der Waals surface area contributed by atoms with Crippen molar-refractivity contribution in [1.29, 1.82) is 0 Å². The molecule has 1 aromatic rings. The molecular formula is C4H7ClF2N4. The van der Waals surface area contributed by atoms with Crippen molar-refractivity contribution in [3.05, 3.63) is 11.6 Å². The lowest BCUT2D eigenvalue weighted by Crippen LogP contribution is -1.98. The predicted octanol–water partition coefficient (Wildman–Crippen LogP) is 0.623. The first-order valence-electron chi connectivity index (χ1n) is 2.63. The molecule has 1 heterocycles. The van der Waals surface area contributed by atoms with Crippen LogP contribution in [-0.4, -0.2) is 15.2 Å². The van der Waals surface area contributed by atoms with Crippen molar-refractivity contribution in [1.82, 2.24) is 15.2 Å². The summed E-state index contributed by atoms with van der Waals surface area (Å²) in [5, 5.41) is 5.49. The Morgan fingerprint density at radius 3 is 2.45 bits per heavy atom. The van der Waals surface area contributed by atoms with E-state index in [0.717, 1.165) is 0 Å². The van der Waals surface area contributed by atoms with Gasteiger partial charge in [0.2, 0.25) is 5.82 Å². The molecule has 0 atom stereocenters. The third-order valence-electron chi connectivity index (χ3n) is 0.938. The third kappa shape index (κ3) is 2.39. The zero-order valence-corrected chi connectivity index (χ0v) is 6.24. The number of aromatic amines is 1. The van der Waals surface area contributed by atoms with Gasteiger partial charge in [0.25, 0.3) is 6.43 Å². The molecule has 11 heavy (non-hydrogen) atoms. The van der Waals surface area contributed by atoms with Crippen LogP contribution in [0.2, 0.25) is 0 Å². The van der Waals surface area contributed by atoms with E-state index < -0.39 is 12.2 Å². The largest absolute Gasteiger partial charge is 0.324 e. The van der Waals surface area contributed by atoms with Gasteiger partial charge in [0, 0.05) is 0 Å². The molecule has 0 fully saturated rings. The van der Waals surface area contributed by atoms with Gasteiger partial charge in [0.15, 0.2) is 0 Å². The molecule has 0 amide bonds. The first-order valence-corrected chi connectivity index (χ1v) is 2.63. The zero-order chi connectivity index (χ0) is 7.56. The molecule has 0 aliphatic heterocycles. The number of nitrogens with zero attached hydrogens (tertiary/aromatic N) is 2. The number of hydrogen-bond acceptors (Lipinski definition) is 3. The van der Waals surface area contributed by atoms with Crippen molar-refractivity contribution in [3.63, 3.8) is 0 Å². The number of aromatic nitrogens is 3. The maximum atomic E-state index is 11.7. The fourth-order valence-corrected chi connectivity index (χ4v) is 0.499. The first-order chi connectivity index (χ1) is 4.74. The molecule has 1 rings (SSSR count). The summed E-state index contributed by atoms with van der Waals surface area (Å²) in [6.07, 6.45) is -2.63.